The summed E-state index contributed by atoms with van der Waals surface area (Å²) in [7, 11) is 0. The van der Waals surface area contributed by atoms with Gasteiger partial charge in [-0.3, -0.25) is 9.59 Å². The molecular weight excluding hydrogens is 750 g/mol. The minimum Gasteiger partial charge on any atom is -0.383 e. The molecule has 0 bridgehead atoms. The van der Waals surface area contributed by atoms with Crippen molar-refractivity contribution >= 4 is 56.0 Å². The Morgan fingerprint density at radius 2 is 1.24 bits per heavy atom. The highest BCUT2D eigenvalue weighted by molar-refractivity contribution is 9.10. The van der Waals surface area contributed by atoms with Gasteiger partial charge < -0.3 is 20.1 Å². The summed E-state index contributed by atoms with van der Waals surface area (Å²) in [5, 5.41) is 0.634. The van der Waals surface area contributed by atoms with Crippen LogP contribution in [0.3, 0.4) is 0 Å². The number of amides is 2. The molecule has 0 aliphatic carbocycles. The molecule has 6 aromatic rings. The minimum atomic E-state index is -0.412. The van der Waals surface area contributed by atoms with E-state index in [0.29, 0.717) is 63.3 Å². The number of anilines is 3. The van der Waals surface area contributed by atoms with Crippen molar-refractivity contribution in [3.05, 3.63) is 137 Å². The maximum atomic E-state index is 15.4. The van der Waals surface area contributed by atoms with Crippen molar-refractivity contribution in [3.8, 4) is 11.1 Å². The molecule has 2 fully saturated rings. The van der Waals surface area contributed by atoms with Crippen molar-refractivity contribution in [3.63, 3.8) is 0 Å². The van der Waals surface area contributed by atoms with Crippen molar-refractivity contribution in [1.82, 2.24) is 14.5 Å². The van der Waals surface area contributed by atoms with Gasteiger partial charge in [0.25, 0.3) is 0 Å². The summed E-state index contributed by atoms with van der Waals surface area (Å²) in [5.41, 5.74) is 11.1. The second-order valence-electron chi connectivity index (χ2n) is 13.2. The Morgan fingerprint density at radius 3 is 1.74 bits per heavy atom. The van der Waals surface area contributed by atoms with Crippen LogP contribution in [0, 0.1) is 11.6 Å². The highest BCUT2D eigenvalue weighted by atomic mass is 79.9. The average molecular weight is 794 g/mol. The third-order valence-corrected chi connectivity index (χ3v) is 10.4. The lowest BCUT2D eigenvalue weighted by atomic mass is 9.98. The van der Waals surface area contributed by atoms with Crippen LogP contribution >= 0.6 is 15.9 Å². The largest absolute Gasteiger partial charge is 0.383 e. The van der Waals surface area contributed by atoms with Gasteiger partial charge in [-0.25, -0.2) is 18.7 Å². The molecule has 2 aliphatic heterocycles. The number of rotatable bonds is 6. The van der Waals surface area contributed by atoms with Gasteiger partial charge in [-0.2, -0.15) is 0 Å². The summed E-state index contributed by atoms with van der Waals surface area (Å²) in [5.74, 6) is -0.727. The zero-order chi connectivity index (χ0) is 38.5. The van der Waals surface area contributed by atoms with E-state index in [1.807, 2.05) is 99.1 Å². The van der Waals surface area contributed by atoms with Gasteiger partial charge in [0.2, 0.25) is 11.8 Å². The van der Waals surface area contributed by atoms with Crippen LogP contribution in [0.5, 0.6) is 0 Å². The lowest BCUT2D eigenvalue weighted by Crippen LogP contribution is -2.26. The molecule has 8 nitrogen and oxygen atoms in total. The number of nitrogen functional groups attached to an aromatic ring is 1. The summed E-state index contributed by atoms with van der Waals surface area (Å²) in [6.45, 7) is 9.25. The highest BCUT2D eigenvalue weighted by Crippen LogP contribution is 2.39. The van der Waals surface area contributed by atoms with Gasteiger partial charge in [-0.1, -0.05) is 74.5 Å². The second kappa shape index (κ2) is 16.7. The lowest BCUT2D eigenvalue weighted by molar-refractivity contribution is -0.119. The van der Waals surface area contributed by atoms with Gasteiger partial charge >= 0.3 is 0 Å². The van der Waals surface area contributed by atoms with Crippen LogP contribution in [0.25, 0.3) is 22.2 Å². The van der Waals surface area contributed by atoms with Crippen LogP contribution in [0.1, 0.15) is 69.5 Å². The van der Waals surface area contributed by atoms with Gasteiger partial charge in [0.1, 0.15) is 29.4 Å². The monoisotopic (exact) mass is 792 g/mol. The number of nitrogens with zero attached hydrogens (tertiary/aromatic N) is 5. The molecule has 2 N–H and O–H groups in total. The first-order valence-corrected chi connectivity index (χ1v) is 19.0. The third-order valence-electron chi connectivity index (χ3n) is 9.78. The predicted molar refractivity (Wildman–Crippen MR) is 215 cm³/mol. The van der Waals surface area contributed by atoms with Gasteiger partial charge in [0.05, 0.1) is 21.7 Å². The molecule has 4 aromatic carbocycles. The molecule has 54 heavy (non-hydrogen) atoms. The van der Waals surface area contributed by atoms with Crippen LogP contribution in [0.15, 0.2) is 114 Å². The Hall–Kier alpha value is -5.42. The van der Waals surface area contributed by atoms with Crippen LogP contribution in [-0.2, 0) is 9.59 Å². The topological polar surface area (TPSA) is 97.4 Å². The molecule has 2 atom stereocenters. The molecule has 0 saturated carbocycles. The van der Waals surface area contributed by atoms with Crippen molar-refractivity contribution in [2.45, 2.75) is 58.4 Å². The van der Waals surface area contributed by atoms with Crippen molar-refractivity contribution in [1.29, 1.82) is 0 Å². The van der Waals surface area contributed by atoms with Crippen LogP contribution < -0.4 is 15.5 Å². The molecule has 4 heterocycles. The number of carbonyl (C=O) groups is 2. The fourth-order valence-electron chi connectivity index (χ4n) is 7.11. The smallest absolute Gasteiger partial charge is 0.234 e. The molecule has 2 unspecified atom stereocenters. The van der Waals surface area contributed by atoms with E-state index in [4.69, 9.17) is 5.73 Å². The summed E-state index contributed by atoms with van der Waals surface area (Å²) in [6, 6.07) is 29.3. The van der Waals surface area contributed by atoms with Gasteiger partial charge in [0, 0.05) is 47.8 Å². The number of carbonyl (C=O) groups excluding carboxylic acids is 2. The standard InChI is InChI=1S/C25H24FN5O.C16H13BrFNO.C2H6/c1-15(2)31-13-20(22-23(27)28-14-29-24(22)31)19-9-8-17(12-21(19)26)30-11-10-18(25(30)32)16-6-4-3-5-7-16;17-14-7-6-12(10-15(14)18)19-9-8-13(16(19)20)11-4-2-1-3-5-11;1-2/h3-9,12-15,18H,10-11H2,1-2H3,(H2,27,28,29);1-7,10,13H,8-9H2;1-2H3. The molecule has 11 heteroatoms. The average Bonchev–Trinajstić information content (AvgIpc) is 3.90. The molecule has 2 amide bonds. The number of fused-ring (bicyclic) bond motifs is 1. The molecule has 2 saturated heterocycles. The number of hydrogen-bond acceptors (Lipinski definition) is 5. The van der Waals surface area contributed by atoms with E-state index in [9.17, 15) is 14.0 Å². The highest BCUT2D eigenvalue weighted by Gasteiger charge is 2.35. The molecule has 2 aromatic heterocycles. The number of halogens is 3. The Labute approximate surface area is 322 Å². The molecule has 8 rings (SSSR count). The van der Waals surface area contributed by atoms with Crippen molar-refractivity contribution in [2.24, 2.45) is 0 Å². The van der Waals surface area contributed by atoms with E-state index < -0.39 is 5.82 Å². The third kappa shape index (κ3) is 7.64. The van der Waals surface area contributed by atoms with Crippen molar-refractivity contribution < 1.29 is 18.4 Å². The SMILES string of the molecule is CC.CC(C)n1cc(-c2ccc(N3CCC(c4ccccc4)C3=O)cc2F)c2c(N)ncnc21.O=C1C(c2ccccc2)CCN1c1ccc(Br)c(F)c1. The molecule has 0 spiro atoms. The first kappa shape index (κ1) is 38.3. The number of nitrogens with two attached hydrogens (primary N) is 1. The number of benzene rings is 4. The van der Waals surface area contributed by atoms with Crippen molar-refractivity contribution in [2.75, 3.05) is 28.6 Å². The Bertz CT molecular complexity index is 2260. The number of aromatic nitrogens is 3. The van der Waals surface area contributed by atoms with Gasteiger partial charge in [0.15, 0.2) is 0 Å². The molecule has 2 aliphatic rings. The predicted octanol–water partition coefficient (Wildman–Crippen LogP) is 10.1. The maximum Gasteiger partial charge on any atom is 0.234 e. The van der Waals surface area contributed by atoms with E-state index in [0.717, 1.165) is 17.5 Å². The fraction of sp³-hybridized carbons (Fsp3) is 0.256. The van der Waals surface area contributed by atoms with E-state index in [1.165, 1.54) is 18.5 Å². The minimum absolute atomic E-state index is 0.00240. The van der Waals surface area contributed by atoms with E-state index in [-0.39, 0.29) is 35.5 Å². The zero-order valence-corrected chi connectivity index (χ0v) is 32.3. The summed E-state index contributed by atoms with van der Waals surface area (Å²) in [6.07, 6.45) is 4.76. The van der Waals surface area contributed by atoms with Gasteiger partial charge in [-0.15, -0.1) is 0 Å². The first-order chi connectivity index (χ1) is 26.1. The van der Waals surface area contributed by atoms with Crippen LogP contribution in [0.4, 0.5) is 26.0 Å². The van der Waals surface area contributed by atoms with E-state index in [2.05, 4.69) is 25.9 Å². The Kier molecular flexibility index (Phi) is 11.9. The summed E-state index contributed by atoms with van der Waals surface area (Å²) in [4.78, 5) is 37.3. The number of hydrogen-bond donors (Lipinski definition) is 1. The Morgan fingerprint density at radius 1 is 0.722 bits per heavy atom. The fourth-order valence-corrected chi connectivity index (χ4v) is 7.36. The maximum absolute atomic E-state index is 15.4. The lowest BCUT2D eigenvalue weighted by Gasteiger charge is -2.18. The van der Waals surface area contributed by atoms with E-state index in [1.54, 1.807) is 34.1 Å². The quantitative estimate of drug-likeness (QED) is 0.181. The summed E-state index contributed by atoms with van der Waals surface area (Å²) < 4.78 is 31.3. The van der Waals surface area contributed by atoms with Crippen LogP contribution in [-0.4, -0.2) is 39.4 Å². The molecule has 0 radical (unpaired) electrons. The second-order valence-corrected chi connectivity index (χ2v) is 14.1. The normalized spacial score (nSPS) is 16.7. The summed E-state index contributed by atoms with van der Waals surface area (Å²) >= 11 is 3.12. The van der Waals surface area contributed by atoms with Gasteiger partial charge in [-0.05, 0) is 90.1 Å². The first-order valence-electron chi connectivity index (χ1n) is 18.2. The van der Waals surface area contributed by atoms with E-state index >= 15 is 4.39 Å². The molecule has 278 valence electrons. The zero-order valence-electron chi connectivity index (χ0n) is 30.7. The Balaban J connectivity index is 0.000000194. The van der Waals surface area contributed by atoms with Crippen LogP contribution in [0.2, 0.25) is 0 Å². The molecular formula is C43H43BrF2N6O2.